The molecule has 2 fully saturated rings. The zero-order valence-corrected chi connectivity index (χ0v) is 12.5. The van der Waals surface area contributed by atoms with Gasteiger partial charge in [-0.05, 0) is 37.5 Å². The molecule has 1 amide bonds. The predicted molar refractivity (Wildman–Crippen MR) is 80.1 cm³/mol. The van der Waals surface area contributed by atoms with E-state index in [0.29, 0.717) is 24.3 Å². The first-order chi connectivity index (χ1) is 9.79. The highest BCUT2D eigenvalue weighted by Gasteiger charge is 2.25. The van der Waals surface area contributed by atoms with Crippen LogP contribution in [-0.4, -0.2) is 37.1 Å². The largest absolute Gasteiger partial charge is 0.369 e. The Balaban J connectivity index is 1.65. The van der Waals surface area contributed by atoms with Crippen LogP contribution < -0.4 is 0 Å². The van der Waals surface area contributed by atoms with Gasteiger partial charge >= 0.3 is 0 Å². The normalized spacial score (nSPS) is 21.6. The van der Waals surface area contributed by atoms with Crippen molar-refractivity contribution in [3.05, 3.63) is 0 Å². The molecule has 0 radical (unpaired) electrons. The van der Waals surface area contributed by atoms with Crippen molar-refractivity contribution in [1.82, 2.24) is 4.90 Å². The number of piperidine rings is 1. The highest BCUT2D eigenvalue weighted by Crippen LogP contribution is 2.27. The number of hydrogen-bond acceptors (Lipinski definition) is 2. The number of rotatable bonds is 5. The molecule has 2 aliphatic rings. The van der Waals surface area contributed by atoms with Crippen molar-refractivity contribution < 1.29 is 9.53 Å². The maximum atomic E-state index is 12.3. The molecule has 1 aliphatic heterocycles. The first kappa shape index (κ1) is 15.4. The van der Waals surface area contributed by atoms with Crippen molar-refractivity contribution in [2.24, 2.45) is 11.8 Å². The van der Waals surface area contributed by atoms with E-state index < -0.39 is 0 Å². The Morgan fingerprint density at radius 1 is 1.10 bits per heavy atom. The molecule has 0 spiro atoms. The van der Waals surface area contributed by atoms with Gasteiger partial charge < -0.3 is 9.64 Å². The Morgan fingerprint density at radius 2 is 1.80 bits per heavy atom. The topological polar surface area (TPSA) is 29.5 Å². The lowest BCUT2D eigenvalue weighted by atomic mass is 9.86. The molecule has 0 atom stereocenters. The molecule has 0 N–H and O–H groups in total. The predicted octanol–water partition coefficient (Wildman–Crippen LogP) is 2.85. The maximum Gasteiger partial charge on any atom is 0.222 e. The van der Waals surface area contributed by atoms with Gasteiger partial charge in [0.2, 0.25) is 5.91 Å². The zero-order chi connectivity index (χ0) is 14.2. The third-order valence-electron chi connectivity index (χ3n) is 4.69. The van der Waals surface area contributed by atoms with Gasteiger partial charge in [0.25, 0.3) is 0 Å². The summed E-state index contributed by atoms with van der Waals surface area (Å²) in [5.41, 5.74) is 0. The van der Waals surface area contributed by atoms with Crippen molar-refractivity contribution in [1.29, 1.82) is 0 Å². The molecule has 3 nitrogen and oxygen atoms in total. The third-order valence-corrected chi connectivity index (χ3v) is 4.69. The fraction of sp³-hybridized carbons (Fsp3) is 0.824. The summed E-state index contributed by atoms with van der Waals surface area (Å²) in [7, 11) is 0. The second-order valence-corrected chi connectivity index (χ2v) is 6.25. The van der Waals surface area contributed by atoms with Crippen molar-refractivity contribution in [2.75, 3.05) is 26.3 Å². The molecule has 0 unspecified atom stereocenters. The molecule has 0 aromatic heterocycles. The highest BCUT2D eigenvalue weighted by molar-refractivity contribution is 5.76. The van der Waals surface area contributed by atoms with Crippen LogP contribution in [0.2, 0.25) is 0 Å². The number of nitrogens with zero attached hydrogens (tertiary/aromatic N) is 1. The summed E-state index contributed by atoms with van der Waals surface area (Å²) >= 11 is 0. The molecule has 0 aromatic rings. The van der Waals surface area contributed by atoms with Crippen LogP contribution >= 0.6 is 0 Å². The van der Waals surface area contributed by atoms with E-state index in [0.717, 1.165) is 39.0 Å². The van der Waals surface area contributed by atoms with Gasteiger partial charge in [-0.3, -0.25) is 4.79 Å². The van der Waals surface area contributed by atoms with Gasteiger partial charge in [-0.1, -0.05) is 25.2 Å². The quantitative estimate of drug-likeness (QED) is 0.571. The van der Waals surface area contributed by atoms with Crippen LogP contribution in [0.25, 0.3) is 0 Å². The van der Waals surface area contributed by atoms with E-state index in [1.165, 1.54) is 32.1 Å². The van der Waals surface area contributed by atoms with Gasteiger partial charge in [-0.15, -0.1) is 6.42 Å². The van der Waals surface area contributed by atoms with Crippen LogP contribution in [0, 0.1) is 24.2 Å². The summed E-state index contributed by atoms with van der Waals surface area (Å²) < 4.78 is 5.40. The number of hydrogen-bond donors (Lipinski definition) is 0. The maximum absolute atomic E-state index is 12.3. The van der Waals surface area contributed by atoms with E-state index in [-0.39, 0.29) is 0 Å². The average Bonchev–Trinajstić information content (AvgIpc) is 2.49. The number of carbonyl (C=O) groups excluding carboxylic acids is 1. The molecule has 112 valence electrons. The molecular formula is C17H27NO2. The second-order valence-electron chi connectivity index (χ2n) is 6.25. The van der Waals surface area contributed by atoms with Crippen LogP contribution in [0.15, 0.2) is 0 Å². The van der Waals surface area contributed by atoms with Gasteiger partial charge in [0, 0.05) is 19.5 Å². The summed E-state index contributed by atoms with van der Waals surface area (Å²) in [5, 5.41) is 0. The first-order valence-electron chi connectivity index (χ1n) is 8.08. The zero-order valence-electron chi connectivity index (χ0n) is 12.5. The van der Waals surface area contributed by atoms with Gasteiger partial charge in [0.1, 0.15) is 6.61 Å². The molecule has 1 heterocycles. The van der Waals surface area contributed by atoms with Crippen molar-refractivity contribution in [3.63, 3.8) is 0 Å². The van der Waals surface area contributed by atoms with Gasteiger partial charge in [-0.25, -0.2) is 0 Å². The first-order valence-corrected chi connectivity index (χ1v) is 8.08. The summed E-state index contributed by atoms with van der Waals surface area (Å²) in [6.45, 7) is 2.95. The van der Waals surface area contributed by atoms with E-state index in [1.807, 2.05) is 0 Å². The Bertz CT molecular complexity index is 333. The lowest BCUT2D eigenvalue weighted by Crippen LogP contribution is -2.40. The fourth-order valence-electron chi connectivity index (χ4n) is 3.40. The Hall–Kier alpha value is -1.01. The Labute approximate surface area is 123 Å². The minimum Gasteiger partial charge on any atom is -0.369 e. The van der Waals surface area contributed by atoms with Crippen LogP contribution in [-0.2, 0) is 9.53 Å². The van der Waals surface area contributed by atoms with Crippen molar-refractivity contribution in [3.8, 4) is 12.3 Å². The molecule has 1 aliphatic carbocycles. The summed E-state index contributed by atoms with van der Waals surface area (Å²) in [4.78, 5) is 14.4. The highest BCUT2D eigenvalue weighted by atomic mass is 16.5. The summed E-state index contributed by atoms with van der Waals surface area (Å²) in [6.07, 6.45) is 14.5. The molecule has 1 saturated carbocycles. The number of likely N-dealkylation sites (tertiary alicyclic amines) is 1. The van der Waals surface area contributed by atoms with E-state index in [2.05, 4.69) is 10.8 Å². The van der Waals surface area contributed by atoms with Crippen molar-refractivity contribution >= 4 is 5.91 Å². The number of amides is 1. The smallest absolute Gasteiger partial charge is 0.222 e. The minimum absolute atomic E-state index is 0.375. The van der Waals surface area contributed by atoms with E-state index in [9.17, 15) is 4.79 Å². The molecule has 2 rings (SSSR count). The van der Waals surface area contributed by atoms with E-state index in [1.54, 1.807) is 0 Å². The van der Waals surface area contributed by atoms with E-state index >= 15 is 0 Å². The van der Waals surface area contributed by atoms with Crippen LogP contribution in [0.1, 0.15) is 51.4 Å². The molecule has 0 aromatic carbocycles. The Kier molecular flexibility index (Phi) is 6.39. The molecule has 3 heteroatoms. The van der Waals surface area contributed by atoms with Crippen LogP contribution in [0.4, 0.5) is 0 Å². The third kappa shape index (κ3) is 4.83. The van der Waals surface area contributed by atoms with Gasteiger partial charge in [-0.2, -0.15) is 0 Å². The average molecular weight is 277 g/mol. The fourth-order valence-corrected chi connectivity index (χ4v) is 3.40. The summed E-state index contributed by atoms with van der Waals surface area (Å²) in [5.74, 6) is 4.09. The molecule has 1 saturated heterocycles. The van der Waals surface area contributed by atoms with Crippen LogP contribution in [0.5, 0.6) is 0 Å². The van der Waals surface area contributed by atoms with Crippen LogP contribution in [0.3, 0.4) is 0 Å². The SMILES string of the molecule is C#CCOCC1CCN(C(=O)CC2CCCCC2)CC1. The van der Waals surface area contributed by atoms with Crippen molar-refractivity contribution in [2.45, 2.75) is 51.4 Å². The lowest BCUT2D eigenvalue weighted by Gasteiger charge is -2.33. The molecule has 20 heavy (non-hydrogen) atoms. The monoisotopic (exact) mass is 277 g/mol. The van der Waals surface area contributed by atoms with Gasteiger partial charge in [0.05, 0.1) is 6.61 Å². The standard InChI is InChI=1S/C17H27NO2/c1-2-12-20-14-16-8-10-18(11-9-16)17(19)13-15-6-4-3-5-7-15/h1,15-16H,3-14H2. The number of ether oxygens (including phenoxy) is 1. The Morgan fingerprint density at radius 3 is 2.45 bits per heavy atom. The lowest BCUT2D eigenvalue weighted by molar-refractivity contribution is -0.134. The van der Waals surface area contributed by atoms with E-state index in [4.69, 9.17) is 11.2 Å². The number of carbonyl (C=O) groups is 1. The second kappa shape index (κ2) is 8.32. The molecular weight excluding hydrogens is 250 g/mol. The van der Waals surface area contributed by atoms with Gasteiger partial charge in [0.15, 0.2) is 0 Å². The summed E-state index contributed by atoms with van der Waals surface area (Å²) in [6, 6.07) is 0. The minimum atomic E-state index is 0.375. The number of terminal acetylenes is 1. The molecule has 0 bridgehead atoms.